The summed E-state index contributed by atoms with van der Waals surface area (Å²) in [7, 11) is 0. The average molecular weight is 509 g/mol. The van der Waals surface area contributed by atoms with E-state index in [4.69, 9.17) is 5.11 Å². The van der Waals surface area contributed by atoms with Crippen molar-refractivity contribution in [2.45, 2.75) is 32.5 Å². The Hall–Kier alpha value is -4.79. The number of anilines is 3. The number of pyridine rings is 1. The molecule has 12 heteroatoms. The van der Waals surface area contributed by atoms with Crippen LogP contribution in [0, 0.1) is 28.8 Å². The summed E-state index contributed by atoms with van der Waals surface area (Å²) < 4.78 is 44.3. The van der Waals surface area contributed by atoms with Crippen molar-refractivity contribution in [2.24, 2.45) is 0 Å². The van der Waals surface area contributed by atoms with Gasteiger partial charge < -0.3 is 21.1 Å². The Labute approximate surface area is 209 Å². The molecular formula is C25H22F3N7O2. The van der Waals surface area contributed by atoms with Crippen LogP contribution in [0.4, 0.5) is 35.3 Å². The van der Waals surface area contributed by atoms with Crippen LogP contribution in [0.15, 0.2) is 48.7 Å². The molecule has 37 heavy (non-hydrogen) atoms. The van der Waals surface area contributed by atoms with E-state index in [2.05, 4.69) is 26.0 Å². The summed E-state index contributed by atoms with van der Waals surface area (Å²) >= 11 is 0. The molecule has 9 nitrogen and oxygen atoms in total. The number of rotatable bonds is 8. The maximum atomic E-state index is 15.0. The molecule has 0 spiro atoms. The summed E-state index contributed by atoms with van der Waals surface area (Å²) in [4.78, 5) is 15.5. The third-order valence-corrected chi connectivity index (χ3v) is 5.78. The van der Waals surface area contributed by atoms with Gasteiger partial charge in [0.15, 0.2) is 29.1 Å². The fourth-order valence-corrected chi connectivity index (χ4v) is 3.99. The van der Waals surface area contributed by atoms with Crippen LogP contribution in [0.25, 0.3) is 10.9 Å². The van der Waals surface area contributed by atoms with Crippen LogP contribution in [0.5, 0.6) is 0 Å². The number of carbonyl (C=O) groups is 1. The van der Waals surface area contributed by atoms with Crippen LogP contribution in [0.1, 0.15) is 31.0 Å². The topological polar surface area (TPSA) is 128 Å². The summed E-state index contributed by atoms with van der Waals surface area (Å²) in [5, 5.41) is 31.9. The van der Waals surface area contributed by atoms with Crippen molar-refractivity contribution in [1.82, 2.24) is 20.1 Å². The van der Waals surface area contributed by atoms with Crippen molar-refractivity contribution in [3.63, 3.8) is 0 Å². The molecule has 1 amide bonds. The van der Waals surface area contributed by atoms with E-state index in [1.807, 2.05) is 19.1 Å². The van der Waals surface area contributed by atoms with E-state index >= 15 is 4.39 Å². The zero-order chi connectivity index (χ0) is 26.7. The fourth-order valence-electron chi connectivity index (χ4n) is 3.99. The van der Waals surface area contributed by atoms with Crippen molar-refractivity contribution in [1.29, 1.82) is 5.26 Å². The minimum absolute atomic E-state index is 0.0334. The van der Waals surface area contributed by atoms with Gasteiger partial charge in [-0.3, -0.25) is 4.68 Å². The second kappa shape index (κ2) is 10.4. The summed E-state index contributed by atoms with van der Waals surface area (Å²) in [5.41, 5.74) is 1.50. The molecule has 0 bridgehead atoms. The van der Waals surface area contributed by atoms with Gasteiger partial charge in [0.1, 0.15) is 6.07 Å². The largest absolute Gasteiger partial charge is 0.465 e. The molecule has 2 aromatic heterocycles. The highest BCUT2D eigenvalue weighted by Gasteiger charge is 2.25. The van der Waals surface area contributed by atoms with Crippen LogP contribution in [0.2, 0.25) is 0 Å². The van der Waals surface area contributed by atoms with Gasteiger partial charge >= 0.3 is 6.09 Å². The molecule has 190 valence electrons. The molecule has 0 fully saturated rings. The maximum Gasteiger partial charge on any atom is 0.404 e. The first-order valence-electron chi connectivity index (χ1n) is 11.2. The molecule has 0 aliphatic heterocycles. The highest BCUT2D eigenvalue weighted by Crippen LogP contribution is 2.31. The minimum atomic E-state index is -1.36. The molecule has 0 unspecified atom stereocenters. The SMILES string of the molecule is CCn1ncc2c(Nc3nc(N[C@@H](c4ccc(F)c(F)c4)[C@H](C)NC(=O)O)c(F)cc3C#N)cccc21. The molecule has 0 aliphatic carbocycles. The minimum Gasteiger partial charge on any atom is -0.465 e. The van der Waals surface area contributed by atoms with E-state index in [9.17, 15) is 18.8 Å². The molecule has 0 saturated heterocycles. The third kappa shape index (κ3) is 5.25. The Morgan fingerprint density at radius 2 is 1.92 bits per heavy atom. The Morgan fingerprint density at radius 3 is 2.59 bits per heavy atom. The number of benzene rings is 2. The van der Waals surface area contributed by atoms with Crippen LogP contribution in [0.3, 0.4) is 0 Å². The van der Waals surface area contributed by atoms with Crippen molar-refractivity contribution in [3.05, 3.63) is 77.2 Å². The number of nitriles is 1. The number of aromatic nitrogens is 3. The van der Waals surface area contributed by atoms with Gasteiger partial charge in [0.05, 0.1) is 35.0 Å². The standard InChI is InChI=1S/C25H22F3N7O2/c1-3-35-21-6-4-5-20(16(21)12-30-35)32-23-15(11-29)10-19(28)24(34-23)33-22(13(2)31-25(36)37)14-7-8-17(26)18(27)9-14/h4-10,12-13,22,31H,3H2,1-2H3,(H,36,37)(H2,32,33,34)/t13-,22+/m0/s1. The number of halogens is 3. The number of hydrogen-bond acceptors (Lipinski definition) is 6. The second-order valence-electron chi connectivity index (χ2n) is 8.18. The number of carboxylic acid groups (broad SMARTS) is 1. The number of nitrogens with one attached hydrogen (secondary N) is 3. The lowest BCUT2D eigenvalue weighted by atomic mass is 10.00. The molecule has 0 radical (unpaired) electrons. The highest BCUT2D eigenvalue weighted by molar-refractivity contribution is 5.93. The predicted molar refractivity (Wildman–Crippen MR) is 131 cm³/mol. The molecule has 4 rings (SSSR count). The molecule has 4 aromatic rings. The summed E-state index contributed by atoms with van der Waals surface area (Å²) in [5.74, 6) is -3.42. The Balaban J connectivity index is 1.74. The molecule has 2 aromatic carbocycles. The van der Waals surface area contributed by atoms with E-state index in [0.29, 0.717) is 12.2 Å². The fraction of sp³-hybridized carbons (Fsp3) is 0.200. The smallest absolute Gasteiger partial charge is 0.404 e. The van der Waals surface area contributed by atoms with E-state index in [-0.39, 0.29) is 22.8 Å². The van der Waals surface area contributed by atoms with Crippen molar-refractivity contribution in [2.75, 3.05) is 10.6 Å². The number of amides is 1. The van der Waals surface area contributed by atoms with Gasteiger partial charge in [-0.15, -0.1) is 0 Å². The first-order valence-corrected chi connectivity index (χ1v) is 11.2. The lowest BCUT2D eigenvalue weighted by Gasteiger charge is -2.26. The Morgan fingerprint density at radius 1 is 1.14 bits per heavy atom. The van der Waals surface area contributed by atoms with Crippen LogP contribution in [-0.2, 0) is 6.54 Å². The van der Waals surface area contributed by atoms with Gasteiger partial charge in [-0.1, -0.05) is 12.1 Å². The highest BCUT2D eigenvalue weighted by atomic mass is 19.2. The van der Waals surface area contributed by atoms with Crippen LogP contribution < -0.4 is 16.0 Å². The average Bonchev–Trinajstić information content (AvgIpc) is 3.29. The number of nitrogens with zero attached hydrogens (tertiary/aromatic N) is 4. The Kier molecular flexibility index (Phi) is 7.15. The quantitative estimate of drug-likeness (QED) is 0.254. The van der Waals surface area contributed by atoms with Crippen LogP contribution in [-0.4, -0.2) is 32.0 Å². The third-order valence-electron chi connectivity index (χ3n) is 5.78. The first kappa shape index (κ1) is 25.3. The molecule has 2 heterocycles. The van der Waals surface area contributed by atoms with Gasteiger partial charge in [0.2, 0.25) is 0 Å². The number of fused-ring (bicyclic) bond motifs is 1. The lowest BCUT2D eigenvalue weighted by molar-refractivity contribution is 0.189. The summed E-state index contributed by atoms with van der Waals surface area (Å²) in [6.07, 6.45) is 0.298. The predicted octanol–water partition coefficient (Wildman–Crippen LogP) is 5.29. The van der Waals surface area contributed by atoms with Gasteiger partial charge in [0.25, 0.3) is 0 Å². The monoisotopic (exact) mass is 509 g/mol. The summed E-state index contributed by atoms with van der Waals surface area (Å²) in [6, 6.07) is 9.39. The summed E-state index contributed by atoms with van der Waals surface area (Å²) in [6.45, 7) is 4.07. The van der Waals surface area contributed by atoms with Crippen molar-refractivity contribution in [3.8, 4) is 6.07 Å². The zero-order valence-corrected chi connectivity index (χ0v) is 19.8. The van der Waals surface area contributed by atoms with Gasteiger partial charge in [-0.25, -0.2) is 22.9 Å². The lowest BCUT2D eigenvalue weighted by Crippen LogP contribution is -2.39. The van der Waals surface area contributed by atoms with Crippen LogP contribution >= 0.6 is 0 Å². The van der Waals surface area contributed by atoms with Gasteiger partial charge in [-0.2, -0.15) is 10.4 Å². The molecule has 2 atom stereocenters. The molecular weight excluding hydrogens is 487 g/mol. The van der Waals surface area contributed by atoms with Gasteiger partial charge in [0, 0.05) is 11.9 Å². The van der Waals surface area contributed by atoms with E-state index in [1.165, 1.54) is 13.0 Å². The van der Waals surface area contributed by atoms with Gasteiger partial charge in [-0.05, 0) is 49.7 Å². The Bertz CT molecular complexity index is 1520. The van der Waals surface area contributed by atoms with Crippen molar-refractivity contribution >= 4 is 34.3 Å². The maximum absolute atomic E-state index is 15.0. The normalized spacial score (nSPS) is 12.5. The van der Waals surface area contributed by atoms with E-state index in [0.717, 1.165) is 29.1 Å². The number of hydrogen-bond donors (Lipinski definition) is 4. The molecule has 0 saturated carbocycles. The second-order valence-corrected chi connectivity index (χ2v) is 8.18. The van der Waals surface area contributed by atoms with Crippen molar-refractivity contribution < 1.29 is 23.1 Å². The van der Waals surface area contributed by atoms with E-state index in [1.54, 1.807) is 23.0 Å². The molecule has 4 N–H and O–H groups in total. The van der Waals surface area contributed by atoms with E-state index < -0.39 is 35.6 Å². The molecule has 0 aliphatic rings. The number of aryl methyl sites for hydroxylation is 1. The first-order chi connectivity index (χ1) is 17.7. The zero-order valence-electron chi connectivity index (χ0n) is 19.8.